The zero-order chi connectivity index (χ0) is 37.0. The lowest BCUT2D eigenvalue weighted by Crippen LogP contribution is -2.52. The Hall–Kier alpha value is -3.47. The van der Waals surface area contributed by atoms with Gasteiger partial charge in [0, 0.05) is 34.7 Å². The molecule has 4 rings (SSSR count). The molecule has 15 heteroatoms. The van der Waals surface area contributed by atoms with Crippen molar-refractivity contribution in [2.45, 2.75) is 87.9 Å². The first-order valence-electron chi connectivity index (χ1n) is 16.0. The number of aliphatic hydroxyl groups excluding tert-OH is 2. The van der Waals surface area contributed by atoms with E-state index >= 15 is 0 Å². The highest BCUT2D eigenvalue weighted by atomic mass is 32.2. The fourth-order valence-corrected chi connectivity index (χ4v) is 7.27. The summed E-state index contributed by atoms with van der Waals surface area (Å²) in [5.41, 5.74) is 0.325. The average molecular weight is 737 g/mol. The number of carbonyl (C=O) groups is 2. The molecule has 0 saturated heterocycles. The highest BCUT2D eigenvalue weighted by molar-refractivity contribution is 7.99. The summed E-state index contributed by atoms with van der Waals surface area (Å²) in [6.45, 7) is 8.82. The molecule has 0 fully saturated rings. The van der Waals surface area contributed by atoms with Crippen molar-refractivity contribution < 1.29 is 41.4 Å². The molecule has 5 N–H and O–H groups in total. The number of fused-ring (bicyclic) bond motifs is 1. The molecule has 0 spiro atoms. The number of benzene rings is 2. The fraction of sp³-hybridized carbons (Fsp3) is 0.457. The summed E-state index contributed by atoms with van der Waals surface area (Å²) in [5, 5.41) is 27.9. The maximum Gasteiger partial charge on any atom is 0.416 e. The highest BCUT2D eigenvalue weighted by Crippen LogP contribution is 2.40. The molecule has 0 saturated carbocycles. The topological polar surface area (TPSA) is 148 Å². The van der Waals surface area contributed by atoms with Gasteiger partial charge in [-0.2, -0.15) is 21.6 Å². The maximum absolute atomic E-state index is 14.1. The summed E-state index contributed by atoms with van der Waals surface area (Å²) < 4.78 is 65.1. The summed E-state index contributed by atoms with van der Waals surface area (Å²) in [6, 6.07) is 8.69. The normalized spacial score (nSPS) is 19.1. The van der Waals surface area contributed by atoms with Gasteiger partial charge in [0.2, 0.25) is 16.2 Å². The van der Waals surface area contributed by atoms with Crippen LogP contribution in [0.1, 0.15) is 57.7 Å². The third kappa shape index (κ3) is 10.3. The molecular weight excluding hydrogens is 694 g/mol. The Morgan fingerprint density at radius 1 is 1.08 bits per heavy atom. The molecule has 50 heavy (non-hydrogen) atoms. The number of carbonyl (C=O) groups excluding carboxylic acids is 2. The minimum atomic E-state index is -4.60. The number of aliphatic hydroxyl groups is 2. The Balaban J connectivity index is 1.62. The third-order valence-electron chi connectivity index (χ3n) is 8.04. The van der Waals surface area contributed by atoms with Gasteiger partial charge < -0.3 is 31.1 Å². The SMILES string of the molecule is CC(C)(C)NC1C(c2ccc(CN3C(=O)[C@H](NC(=O)CC(C)(C)NC[C@H](O)CO)CSc4cc(C(F)(F)F)ccc43)cc2)=CC=CC1=S(=O)=O. The molecular formula is C35H43F3N4O6S2. The largest absolute Gasteiger partial charge is 0.416 e. The van der Waals surface area contributed by atoms with Crippen molar-refractivity contribution in [3.63, 3.8) is 0 Å². The van der Waals surface area contributed by atoms with Gasteiger partial charge in [0.05, 0.1) is 41.4 Å². The summed E-state index contributed by atoms with van der Waals surface area (Å²) in [5.74, 6) is -0.981. The van der Waals surface area contributed by atoms with Crippen LogP contribution in [0.3, 0.4) is 0 Å². The zero-order valence-electron chi connectivity index (χ0n) is 28.5. The van der Waals surface area contributed by atoms with E-state index in [9.17, 15) is 36.3 Å². The van der Waals surface area contributed by atoms with Crippen molar-refractivity contribution >= 4 is 50.0 Å². The lowest BCUT2D eigenvalue weighted by molar-refractivity contribution is -0.137. The Bertz CT molecular complexity index is 1780. The molecule has 10 nitrogen and oxygen atoms in total. The van der Waals surface area contributed by atoms with E-state index in [1.54, 1.807) is 50.3 Å². The number of β-amino-alcohol motifs (C(OH)–C–C–N with tert-alkyl or cyclic N) is 1. The quantitative estimate of drug-likeness (QED) is 0.218. The first-order chi connectivity index (χ1) is 23.3. The van der Waals surface area contributed by atoms with E-state index in [2.05, 4.69) is 16.0 Å². The maximum atomic E-state index is 14.1. The van der Waals surface area contributed by atoms with E-state index in [-0.39, 0.29) is 40.7 Å². The van der Waals surface area contributed by atoms with Crippen LogP contribution in [0.5, 0.6) is 0 Å². The number of hydrogen-bond acceptors (Lipinski definition) is 9. The summed E-state index contributed by atoms with van der Waals surface area (Å²) in [6.07, 6.45) is -0.653. The van der Waals surface area contributed by atoms with Crippen LogP contribution in [0.15, 0.2) is 65.6 Å². The molecule has 1 aliphatic carbocycles. The van der Waals surface area contributed by atoms with Gasteiger partial charge in [-0.25, -0.2) is 0 Å². The van der Waals surface area contributed by atoms with Crippen LogP contribution in [0.25, 0.3) is 5.57 Å². The van der Waals surface area contributed by atoms with Gasteiger partial charge in [0.1, 0.15) is 6.04 Å². The van der Waals surface area contributed by atoms with E-state index in [0.717, 1.165) is 35.0 Å². The van der Waals surface area contributed by atoms with Gasteiger partial charge in [-0.1, -0.05) is 36.4 Å². The monoisotopic (exact) mass is 736 g/mol. The van der Waals surface area contributed by atoms with Crippen LogP contribution in [-0.2, 0) is 32.6 Å². The molecule has 2 aromatic rings. The predicted octanol–water partition coefficient (Wildman–Crippen LogP) is 3.70. The predicted molar refractivity (Wildman–Crippen MR) is 189 cm³/mol. The number of nitrogens with one attached hydrogen (secondary N) is 3. The Morgan fingerprint density at radius 3 is 2.36 bits per heavy atom. The van der Waals surface area contributed by atoms with Crippen LogP contribution in [-0.4, -0.2) is 83.5 Å². The van der Waals surface area contributed by atoms with Crippen LogP contribution in [0.2, 0.25) is 0 Å². The Labute approximate surface area is 295 Å². The molecule has 0 radical (unpaired) electrons. The summed E-state index contributed by atoms with van der Waals surface area (Å²) >= 11 is 1.04. The van der Waals surface area contributed by atoms with Crippen molar-refractivity contribution in [2.24, 2.45) is 0 Å². The molecule has 0 bridgehead atoms. The van der Waals surface area contributed by atoms with Gasteiger partial charge in [-0.05, 0) is 75.6 Å². The second kappa shape index (κ2) is 15.8. The van der Waals surface area contributed by atoms with Crippen molar-refractivity contribution in [2.75, 3.05) is 23.8 Å². The highest BCUT2D eigenvalue weighted by Gasteiger charge is 2.36. The van der Waals surface area contributed by atoms with Crippen molar-refractivity contribution in [3.05, 3.63) is 77.4 Å². The van der Waals surface area contributed by atoms with Crippen LogP contribution >= 0.6 is 11.8 Å². The molecule has 1 aliphatic heterocycles. The number of halogens is 3. The minimum absolute atomic E-state index is 0.00480. The zero-order valence-corrected chi connectivity index (χ0v) is 30.1. The number of allylic oxidation sites excluding steroid dienone is 2. The molecule has 2 aromatic carbocycles. The minimum Gasteiger partial charge on any atom is -0.394 e. The number of hydrogen-bond donors (Lipinski definition) is 5. The molecule has 2 aliphatic rings. The molecule has 1 heterocycles. The van der Waals surface area contributed by atoms with Gasteiger partial charge in [-0.3, -0.25) is 9.59 Å². The third-order valence-corrected chi connectivity index (χ3v) is 9.94. The molecule has 2 amide bonds. The van der Waals surface area contributed by atoms with Crippen molar-refractivity contribution in [3.8, 4) is 0 Å². The smallest absolute Gasteiger partial charge is 0.394 e. The number of alkyl halides is 3. The van der Waals surface area contributed by atoms with E-state index in [0.29, 0.717) is 5.56 Å². The van der Waals surface area contributed by atoms with Gasteiger partial charge in [0.15, 0.2) is 0 Å². The van der Waals surface area contributed by atoms with E-state index < -0.39 is 69.7 Å². The Morgan fingerprint density at radius 2 is 1.76 bits per heavy atom. The summed E-state index contributed by atoms with van der Waals surface area (Å²) in [7, 11) is -2.47. The fourth-order valence-electron chi connectivity index (χ4n) is 5.59. The lowest BCUT2D eigenvalue weighted by Gasteiger charge is -2.31. The summed E-state index contributed by atoms with van der Waals surface area (Å²) in [4.78, 5) is 29.0. The van der Waals surface area contributed by atoms with Crippen LogP contribution in [0.4, 0.5) is 18.9 Å². The van der Waals surface area contributed by atoms with E-state index in [1.807, 2.05) is 26.8 Å². The van der Waals surface area contributed by atoms with E-state index in [1.165, 1.54) is 11.0 Å². The molecule has 0 aromatic heterocycles. The molecule has 272 valence electrons. The second-order valence-corrected chi connectivity index (χ2v) is 16.0. The molecule has 1 unspecified atom stereocenters. The average Bonchev–Trinajstić information content (AvgIpc) is 3.14. The molecule has 3 atom stereocenters. The number of rotatable bonds is 11. The Kier molecular flexibility index (Phi) is 12.4. The number of amides is 2. The van der Waals surface area contributed by atoms with Crippen LogP contribution in [0, 0.1) is 0 Å². The second-order valence-electron chi connectivity index (χ2n) is 14.0. The van der Waals surface area contributed by atoms with Gasteiger partial charge >= 0.3 is 6.18 Å². The van der Waals surface area contributed by atoms with Gasteiger partial charge in [0.25, 0.3) is 5.91 Å². The van der Waals surface area contributed by atoms with Gasteiger partial charge in [-0.15, -0.1) is 11.8 Å². The first kappa shape index (κ1) is 39.3. The van der Waals surface area contributed by atoms with Crippen molar-refractivity contribution in [1.82, 2.24) is 16.0 Å². The number of nitrogens with zero attached hydrogens (tertiary/aromatic N) is 1. The first-order valence-corrected chi connectivity index (χ1v) is 18.0. The standard InChI is InChI=1S/C35H43F3N4O6S2/c1-33(2,3)41-31-25(7-6-8-29(31)50(47)48)22-11-9-21(10-12-22)18-42-27-14-13-23(35(36,37)38)15-28(27)49-20-26(32(42)46)40-30(45)16-34(4,5)39-17-24(44)19-43/h6-15,24,26,31,39,41,43-44H,16-20H2,1-5H3,(H,40,45)/t24-,26+,31?/m0/s1. The van der Waals surface area contributed by atoms with Crippen LogP contribution < -0.4 is 20.9 Å². The number of thioether (sulfide) groups is 1. The number of anilines is 1. The van der Waals surface area contributed by atoms with E-state index in [4.69, 9.17) is 5.11 Å². The van der Waals surface area contributed by atoms with Crippen molar-refractivity contribution in [1.29, 1.82) is 0 Å². The lowest BCUT2D eigenvalue weighted by atomic mass is 9.90.